The Morgan fingerprint density at radius 2 is 2.04 bits per heavy atom. The lowest BCUT2D eigenvalue weighted by Crippen LogP contribution is -2.35. The fraction of sp³-hybridized carbons (Fsp3) is 0.579. The van der Waals surface area contributed by atoms with E-state index in [-0.39, 0.29) is 17.9 Å². The van der Waals surface area contributed by atoms with Crippen LogP contribution < -0.4 is 5.32 Å². The number of aromatic nitrogens is 2. The normalized spacial score (nSPS) is 17.3. The van der Waals surface area contributed by atoms with Crippen molar-refractivity contribution in [2.45, 2.75) is 65.0 Å². The molecule has 2 aromatic rings. The molecule has 124 valence electrons. The largest absolute Gasteiger partial charge is 0.346 e. The predicted octanol–water partition coefficient (Wildman–Crippen LogP) is 4.20. The van der Waals surface area contributed by atoms with Crippen LogP contribution in [-0.4, -0.2) is 15.5 Å². The number of imidazole rings is 1. The van der Waals surface area contributed by atoms with Crippen LogP contribution >= 0.6 is 0 Å². The second-order valence-electron chi connectivity index (χ2n) is 6.68. The van der Waals surface area contributed by atoms with Gasteiger partial charge in [0.05, 0.1) is 17.1 Å². The Bertz CT molecular complexity index is 670. The Labute approximate surface area is 138 Å². The summed E-state index contributed by atoms with van der Waals surface area (Å²) in [6, 6.07) is 8.16. The highest BCUT2D eigenvalue weighted by molar-refractivity contribution is 5.80. The highest BCUT2D eigenvalue weighted by atomic mass is 16.1. The molecule has 1 aliphatic carbocycles. The molecule has 0 saturated heterocycles. The molecule has 3 rings (SSSR count). The molecule has 4 heteroatoms. The fourth-order valence-corrected chi connectivity index (χ4v) is 3.64. The van der Waals surface area contributed by atoms with E-state index in [0.717, 1.165) is 42.7 Å². The molecule has 1 fully saturated rings. The van der Waals surface area contributed by atoms with Crippen molar-refractivity contribution < 1.29 is 4.79 Å². The molecule has 1 unspecified atom stereocenters. The number of nitrogens with zero attached hydrogens (tertiary/aromatic N) is 2. The standard InChI is InChI=1S/C19H27N3O/c1-3-13-22-17-12-8-7-11-16(17)21-18(22)14(2)20-19(23)15-9-5-4-6-10-15/h7-8,11-12,14-15H,3-6,9-10,13H2,1-2H3,(H,20,23). The van der Waals surface area contributed by atoms with E-state index in [0.29, 0.717) is 0 Å². The summed E-state index contributed by atoms with van der Waals surface area (Å²) in [6.45, 7) is 5.15. The summed E-state index contributed by atoms with van der Waals surface area (Å²) >= 11 is 0. The number of hydrogen-bond acceptors (Lipinski definition) is 2. The number of nitrogens with one attached hydrogen (secondary N) is 1. The number of carbonyl (C=O) groups excluding carboxylic acids is 1. The van der Waals surface area contributed by atoms with E-state index < -0.39 is 0 Å². The summed E-state index contributed by atoms with van der Waals surface area (Å²) in [7, 11) is 0. The topological polar surface area (TPSA) is 46.9 Å². The van der Waals surface area contributed by atoms with E-state index >= 15 is 0 Å². The highest BCUT2D eigenvalue weighted by Crippen LogP contribution is 2.26. The van der Waals surface area contributed by atoms with Crippen LogP contribution in [0.15, 0.2) is 24.3 Å². The third-order valence-electron chi connectivity index (χ3n) is 4.85. The Hall–Kier alpha value is -1.84. The molecular weight excluding hydrogens is 286 g/mol. The number of carbonyl (C=O) groups is 1. The number of aryl methyl sites for hydroxylation is 1. The molecule has 0 radical (unpaired) electrons. The summed E-state index contributed by atoms with van der Waals surface area (Å²) in [5.41, 5.74) is 2.16. The quantitative estimate of drug-likeness (QED) is 0.899. The van der Waals surface area contributed by atoms with Gasteiger partial charge in [0.15, 0.2) is 0 Å². The van der Waals surface area contributed by atoms with E-state index in [1.807, 2.05) is 25.1 Å². The van der Waals surface area contributed by atoms with Gasteiger partial charge in [-0.3, -0.25) is 4.79 Å². The van der Waals surface area contributed by atoms with Crippen LogP contribution in [0.4, 0.5) is 0 Å². The molecule has 1 N–H and O–H groups in total. The fourth-order valence-electron chi connectivity index (χ4n) is 3.64. The maximum atomic E-state index is 12.5. The van der Waals surface area contributed by atoms with Gasteiger partial charge in [0.1, 0.15) is 5.82 Å². The molecule has 0 spiro atoms. The van der Waals surface area contributed by atoms with Gasteiger partial charge in [-0.25, -0.2) is 4.98 Å². The first-order chi connectivity index (χ1) is 11.2. The number of benzene rings is 1. The third-order valence-corrected chi connectivity index (χ3v) is 4.85. The van der Waals surface area contributed by atoms with E-state index in [2.05, 4.69) is 22.9 Å². The zero-order valence-corrected chi connectivity index (χ0v) is 14.2. The van der Waals surface area contributed by atoms with E-state index in [1.54, 1.807) is 0 Å². The van der Waals surface area contributed by atoms with Crippen molar-refractivity contribution in [3.63, 3.8) is 0 Å². The molecule has 4 nitrogen and oxygen atoms in total. The Balaban J connectivity index is 1.80. The molecule has 1 aliphatic rings. The lowest BCUT2D eigenvalue weighted by molar-refractivity contribution is -0.126. The van der Waals surface area contributed by atoms with Crippen LogP contribution in [0.25, 0.3) is 11.0 Å². The van der Waals surface area contributed by atoms with Crippen molar-refractivity contribution >= 4 is 16.9 Å². The highest BCUT2D eigenvalue weighted by Gasteiger charge is 2.24. The van der Waals surface area contributed by atoms with Crippen molar-refractivity contribution in [3.05, 3.63) is 30.1 Å². The van der Waals surface area contributed by atoms with Gasteiger partial charge < -0.3 is 9.88 Å². The van der Waals surface area contributed by atoms with Gasteiger partial charge in [-0.05, 0) is 38.3 Å². The van der Waals surface area contributed by atoms with Gasteiger partial charge in [-0.1, -0.05) is 38.3 Å². The average Bonchev–Trinajstić information content (AvgIpc) is 2.95. The van der Waals surface area contributed by atoms with Crippen molar-refractivity contribution in [1.82, 2.24) is 14.9 Å². The molecule has 1 heterocycles. The second kappa shape index (κ2) is 7.16. The molecule has 1 amide bonds. The minimum Gasteiger partial charge on any atom is -0.346 e. The molecule has 1 atom stereocenters. The second-order valence-corrected chi connectivity index (χ2v) is 6.68. The maximum absolute atomic E-state index is 12.5. The average molecular weight is 313 g/mol. The summed E-state index contributed by atoms with van der Waals surface area (Å²) in [6.07, 6.45) is 6.75. The lowest BCUT2D eigenvalue weighted by atomic mass is 9.88. The van der Waals surface area contributed by atoms with Gasteiger partial charge >= 0.3 is 0 Å². The number of amides is 1. The van der Waals surface area contributed by atoms with Gasteiger partial charge in [0, 0.05) is 12.5 Å². The Morgan fingerprint density at radius 1 is 1.30 bits per heavy atom. The summed E-state index contributed by atoms with van der Waals surface area (Å²) < 4.78 is 2.25. The number of hydrogen-bond donors (Lipinski definition) is 1. The molecule has 0 aliphatic heterocycles. The Morgan fingerprint density at radius 3 is 2.78 bits per heavy atom. The molecule has 1 saturated carbocycles. The Kier molecular flexibility index (Phi) is 4.99. The smallest absolute Gasteiger partial charge is 0.223 e. The minimum absolute atomic E-state index is 0.0524. The maximum Gasteiger partial charge on any atom is 0.223 e. The molecule has 0 bridgehead atoms. The molecule has 1 aromatic carbocycles. The first kappa shape index (κ1) is 16.0. The minimum atomic E-state index is -0.0524. The van der Waals surface area contributed by atoms with Crippen molar-refractivity contribution in [3.8, 4) is 0 Å². The van der Waals surface area contributed by atoms with E-state index in [4.69, 9.17) is 4.98 Å². The van der Waals surface area contributed by atoms with Gasteiger partial charge in [0.2, 0.25) is 5.91 Å². The zero-order valence-electron chi connectivity index (χ0n) is 14.2. The lowest BCUT2D eigenvalue weighted by Gasteiger charge is -2.23. The molecule has 1 aromatic heterocycles. The van der Waals surface area contributed by atoms with Crippen LogP contribution in [0.1, 0.15) is 64.2 Å². The van der Waals surface area contributed by atoms with Gasteiger partial charge in [-0.15, -0.1) is 0 Å². The van der Waals surface area contributed by atoms with Crippen molar-refractivity contribution in [2.24, 2.45) is 5.92 Å². The van der Waals surface area contributed by atoms with Crippen molar-refractivity contribution in [2.75, 3.05) is 0 Å². The third kappa shape index (κ3) is 3.41. The number of para-hydroxylation sites is 2. The molecule has 23 heavy (non-hydrogen) atoms. The summed E-state index contributed by atoms with van der Waals surface area (Å²) in [5, 5.41) is 3.20. The van der Waals surface area contributed by atoms with Crippen LogP contribution in [0, 0.1) is 5.92 Å². The first-order valence-corrected chi connectivity index (χ1v) is 8.96. The zero-order chi connectivity index (χ0) is 16.2. The summed E-state index contributed by atoms with van der Waals surface area (Å²) in [5.74, 6) is 1.36. The van der Waals surface area contributed by atoms with Crippen LogP contribution in [0.3, 0.4) is 0 Å². The van der Waals surface area contributed by atoms with Crippen molar-refractivity contribution in [1.29, 1.82) is 0 Å². The SMILES string of the molecule is CCCn1c(C(C)NC(=O)C2CCCCC2)nc2ccccc21. The number of fused-ring (bicyclic) bond motifs is 1. The van der Waals surface area contributed by atoms with Crippen LogP contribution in [-0.2, 0) is 11.3 Å². The van der Waals surface area contributed by atoms with Crippen LogP contribution in [0.2, 0.25) is 0 Å². The monoisotopic (exact) mass is 313 g/mol. The van der Waals surface area contributed by atoms with E-state index in [1.165, 1.54) is 19.3 Å². The predicted molar refractivity (Wildman–Crippen MR) is 93.2 cm³/mol. The van der Waals surface area contributed by atoms with E-state index in [9.17, 15) is 4.79 Å². The number of rotatable bonds is 5. The molecular formula is C19H27N3O. The summed E-state index contributed by atoms with van der Waals surface area (Å²) in [4.78, 5) is 17.3. The van der Waals surface area contributed by atoms with Crippen LogP contribution in [0.5, 0.6) is 0 Å². The van der Waals surface area contributed by atoms with Gasteiger partial charge in [0.25, 0.3) is 0 Å². The van der Waals surface area contributed by atoms with Gasteiger partial charge in [-0.2, -0.15) is 0 Å². The first-order valence-electron chi connectivity index (χ1n) is 8.96.